The first-order valence-corrected chi connectivity index (χ1v) is 9.62. The SMILES string of the molecule is CCCCCCCCCOCCOC(=O)c1ccccc1CCC. The van der Waals surface area contributed by atoms with E-state index in [0.717, 1.165) is 31.4 Å². The molecular weight excluding hydrogens is 300 g/mol. The number of benzene rings is 1. The lowest BCUT2D eigenvalue weighted by molar-refractivity contribution is 0.0311. The molecule has 0 aliphatic rings. The van der Waals surface area contributed by atoms with E-state index in [0.29, 0.717) is 18.8 Å². The van der Waals surface area contributed by atoms with Crippen molar-refractivity contribution in [1.82, 2.24) is 0 Å². The van der Waals surface area contributed by atoms with Crippen LogP contribution in [0.4, 0.5) is 0 Å². The summed E-state index contributed by atoms with van der Waals surface area (Å²) in [6.45, 7) is 5.92. The maximum absolute atomic E-state index is 12.1. The van der Waals surface area contributed by atoms with Crippen molar-refractivity contribution in [2.45, 2.75) is 71.6 Å². The quantitative estimate of drug-likeness (QED) is 0.330. The number of carbonyl (C=O) groups excluding carboxylic acids is 1. The minimum atomic E-state index is -0.237. The normalized spacial score (nSPS) is 10.8. The van der Waals surface area contributed by atoms with Crippen molar-refractivity contribution in [2.75, 3.05) is 19.8 Å². The van der Waals surface area contributed by atoms with Gasteiger partial charge in [0, 0.05) is 6.61 Å². The average Bonchev–Trinajstić information content (AvgIpc) is 2.60. The van der Waals surface area contributed by atoms with Crippen molar-refractivity contribution in [3.05, 3.63) is 35.4 Å². The van der Waals surface area contributed by atoms with Crippen LogP contribution in [0, 0.1) is 0 Å². The van der Waals surface area contributed by atoms with Crippen molar-refractivity contribution in [3.63, 3.8) is 0 Å². The third-order valence-corrected chi connectivity index (χ3v) is 4.11. The Bertz CT molecular complexity index is 442. The Morgan fingerprint density at radius 1 is 0.833 bits per heavy atom. The number of unbranched alkanes of at least 4 members (excludes halogenated alkanes) is 6. The Labute approximate surface area is 147 Å². The number of esters is 1. The zero-order valence-electron chi connectivity index (χ0n) is 15.5. The fourth-order valence-corrected chi connectivity index (χ4v) is 2.74. The molecule has 0 N–H and O–H groups in total. The van der Waals surface area contributed by atoms with E-state index < -0.39 is 0 Å². The highest BCUT2D eigenvalue weighted by Gasteiger charge is 2.11. The predicted octanol–water partition coefficient (Wildman–Crippen LogP) is 5.56. The van der Waals surface area contributed by atoms with E-state index in [1.807, 2.05) is 24.3 Å². The second-order valence-corrected chi connectivity index (χ2v) is 6.28. The summed E-state index contributed by atoms with van der Waals surface area (Å²) in [6, 6.07) is 7.68. The van der Waals surface area contributed by atoms with Gasteiger partial charge in [0.25, 0.3) is 0 Å². The van der Waals surface area contributed by atoms with Gasteiger partial charge >= 0.3 is 5.97 Å². The molecule has 0 aliphatic heterocycles. The Morgan fingerprint density at radius 2 is 1.54 bits per heavy atom. The van der Waals surface area contributed by atoms with E-state index in [4.69, 9.17) is 9.47 Å². The standard InChI is InChI=1S/C21H34O3/c1-3-5-6-7-8-9-12-16-23-17-18-24-21(22)20-15-11-10-14-19(20)13-4-2/h10-11,14-15H,3-9,12-13,16-18H2,1-2H3. The Balaban J connectivity index is 2.06. The van der Waals surface area contributed by atoms with Gasteiger partial charge < -0.3 is 9.47 Å². The van der Waals surface area contributed by atoms with Crippen molar-refractivity contribution >= 4 is 5.97 Å². The van der Waals surface area contributed by atoms with E-state index in [9.17, 15) is 4.79 Å². The molecule has 1 rings (SSSR count). The van der Waals surface area contributed by atoms with Gasteiger partial charge in [0.15, 0.2) is 0 Å². The van der Waals surface area contributed by atoms with Gasteiger partial charge in [-0.25, -0.2) is 4.79 Å². The molecule has 3 heteroatoms. The van der Waals surface area contributed by atoms with Gasteiger partial charge in [-0.05, 0) is 24.5 Å². The van der Waals surface area contributed by atoms with Crippen LogP contribution < -0.4 is 0 Å². The fraction of sp³-hybridized carbons (Fsp3) is 0.667. The molecule has 0 radical (unpaired) electrons. The van der Waals surface area contributed by atoms with Crippen LogP contribution in [0.3, 0.4) is 0 Å². The number of aryl methyl sites for hydroxylation is 1. The van der Waals surface area contributed by atoms with Gasteiger partial charge in [-0.15, -0.1) is 0 Å². The third kappa shape index (κ3) is 9.07. The first-order chi connectivity index (χ1) is 11.8. The number of rotatable bonds is 14. The van der Waals surface area contributed by atoms with E-state index in [-0.39, 0.29) is 5.97 Å². The minimum Gasteiger partial charge on any atom is -0.460 e. The summed E-state index contributed by atoms with van der Waals surface area (Å²) in [5, 5.41) is 0. The summed E-state index contributed by atoms with van der Waals surface area (Å²) in [6.07, 6.45) is 10.9. The van der Waals surface area contributed by atoms with Gasteiger partial charge in [-0.2, -0.15) is 0 Å². The predicted molar refractivity (Wildman–Crippen MR) is 99.5 cm³/mol. The topological polar surface area (TPSA) is 35.5 Å². The first-order valence-electron chi connectivity index (χ1n) is 9.62. The van der Waals surface area contributed by atoms with Crippen LogP contribution in [0.15, 0.2) is 24.3 Å². The van der Waals surface area contributed by atoms with Crippen LogP contribution in [-0.4, -0.2) is 25.8 Å². The zero-order chi connectivity index (χ0) is 17.5. The number of hydrogen-bond donors (Lipinski definition) is 0. The fourth-order valence-electron chi connectivity index (χ4n) is 2.74. The third-order valence-electron chi connectivity index (χ3n) is 4.11. The molecule has 24 heavy (non-hydrogen) atoms. The molecular formula is C21H34O3. The second kappa shape index (κ2) is 14.0. The first kappa shape index (κ1) is 20.7. The summed E-state index contributed by atoms with van der Waals surface area (Å²) < 4.78 is 10.9. The number of carbonyl (C=O) groups is 1. The molecule has 0 aromatic heterocycles. The smallest absolute Gasteiger partial charge is 0.338 e. The summed E-state index contributed by atoms with van der Waals surface area (Å²) in [7, 11) is 0. The molecule has 1 aromatic carbocycles. The van der Waals surface area contributed by atoms with Gasteiger partial charge in [0.05, 0.1) is 12.2 Å². The molecule has 0 heterocycles. The summed E-state index contributed by atoms with van der Waals surface area (Å²) in [5.74, 6) is -0.237. The average molecular weight is 335 g/mol. The Hall–Kier alpha value is -1.35. The molecule has 0 fully saturated rings. The van der Waals surface area contributed by atoms with Gasteiger partial charge in [0.2, 0.25) is 0 Å². The maximum atomic E-state index is 12.1. The lowest BCUT2D eigenvalue weighted by Crippen LogP contribution is -2.13. The highest BCUT2D eigenvalue weighted by Crippen LogP contribution is 2.12. The van der Waals surface area contributed by atoms with E-state index in [1.54, 1.807) is 0 Å². The maximum Gasteiger partial charge on any atom is 0.338 e. The molecule has 0 bridgehead atoms. The van der Waals surface area contributed by atoms with Crippen molar-refractivity contribution in [1.29, 1.82) is 0 Å². The van der Waals surface area contributed by atoms with Gasteiger partial charge in [-0.1, -0.05) is 77.0 Å². The molecule has 0 atom stereocenters. The van der Waals surface area contributed by atoms with Crippen molar-refractivity contribution in [2.24, 2.45) is 0 Å². The number of ether oxygens (including phenoxy) is 2. The van der Waals surface area contributed by atoms with Crippen molar-refractivity contribution < 1.29 is 14.3 Å². The monoisotopic (exact) mass is 334 g/mol. The molecule has 0 spiro atoms. The molecule has 1 aromatic rings. The van der Waals surface area contributed by atoms with Crippen LogP contribution in [0.2, 0.25) is 0 Å². The van der Waals surface area contributed by atoms with Gasteiger partial charge in [-0.3, -0.25) is 0 Å². The summed E-state index contributed by atoms with van der Waals surface area (Å²) in [5.41, 5.74) is 1.75. The van der Waals surface area contributed by atoms with E-state index in [1.165, 1.54) is 38.5 Å². The molecule has 0 amide bonds. The largest absolute Gasteiger partial charge is 0.460 e. The summed E-state index contributed by atoms with van der Waals surface area (Å²) in [4.78, 5) is 12.1. The second-order valence-electron chi connectivity index (χ2n) is 6.28. The Kier molecular flexibility index (Phi) is 12.1. The van der Waals surface area contributed by atoms with Gasteiger partial charge in [0.1, 0.15) is 6.61 Å². The highest BCUT2D eigenvalue weighted by atomic mass is 16.6. The Morgan fingerprint density at radius 3 is 2.29 bits per heavy atom. The van der Waals surface area contributed by atoms with E-state index in [2.05, 4.69) is 13.8 Å². The summed E-state index contributed by atoms with van der Waals surface area (Å²) >= 11 is 0. The molecule has 3 nitrogen and oxygen atoms in total. The highest BCUT2D eigenvalue weighted by molar-refractivity contribution is 5.91. The van der Waals surface area contributed by atoms with E-state index >= 15 is 0 Å². The molecule has 136 valence electrons. The zero-order valence-corrected chi connectivity index (χ0v) is 15.5. The van der Waals surface area contributed by atoms with Crippen LogP contribution >= 0.6 is 0 Å². The molecule has 0 saturated carbocycles. The number of hydrogen-bond acceptors (Lipinski definition) is 3. The molecule has 0 saturated heterocycles. The van der Waals surface area contributed by atoms with Crippen LogP contribution in [0.25, 0.3) is 0 Å². The molecule has 0 unspecified atom stereocenters. The van der Waals surface area contributed by atoms with Crippen LogP contribution in [0.1, 0.15) is 81.1 Å². The lowest BCUT2D eigenvalue weighted by atomic mass is 10.0. The minimum absolute atomic E-state index is 0.237. The van der Waals surface area contributed by atoms with Crippen LogP contribution in [-0.2, 0) is 15.9 Å². The van der Waals surface area contributed by atoms with Crippen molar-refractivity contribution in [3.8, 4) is 0 Å². The lowest BCUT2D eigenvalue weighted by Gasteiger charge is -2.09. The van der Waals surface area contributed by atoms with Crippen LogP contribution in [0.5, 0.6) is 0 Å². The molecule has 0 aliphatic carbocycles.